The SMILES string of the molecule is O=Cc1c(F)cccc1Sc1ccc(Cl)cn1. The minimum atomic E-state index is -0.529. The highest BCUT2D eigenvalue weighted by Gasteiger charge is 2.09. The first-order valence-electron chi connectivity index (χ1n) is 4.74. The third kappa shape index (κ3) is 2.84. The van der Waals surface area contributed by atoms with Crippen molar-refractivity contribution in [1.82, 2.24) is 4.98 Å². The van der Waals surface area contributed by atoms with Crippen LogP contribution in [0.25, 0.3) is 0 Å². The van der Waals surface area contributed by atoms with Gasteiger partial charge in [0, 0.05) is 11.1 Å². The molecule has 86 valence electrons. The van der Waals surface area contributed by atoms with Crippen LogP contribution < -0.4 is 0 Å². The van der Waals surface area contributed by atoms with Crippen LogP contribution in [0.5, 0.6) is 0 Å². The third-order valence-electron chi connectivity index (χ3n) is 2.05. The van der Waals surface area contributed by atoms with Crippen molar-refractivity contribution in [3.05, 3.63) is 52.9 Å². The fourth-order valence-electron chi connectivity index (χ4n) is 1.26. The summed E-state index contributed by atoms with van der Waals surface area (Å²) in [6.45, 7) is 0. The number of aldehydes is 1. The number of halogens is 2. The number of rotatable bonds is 3. The van der Waals surface area contributed by atoms with Crippen LogP contribution in [0.15, 0.2) is 46.5 Å². The Hall–Kier alpha value is -1.39. The van der Waals surface area contributed by atoms with Crippen molar-refractivity contribution >= 4 is 29.6 Å². The van der Waals surface area contributed by atoms with Gasteiger partial charge in [-0.25, -0.2) is 9.37 Å². The molecular weight excluding hydrogens is 261 g/mol. The fourth-order valence-corrected chi connectivity index (χ4v) is 2.24. The lowest BCUT2D eigenvalue weighted by molar-refractivity contribution is 0.111. The monoisotopic (exact) mass is 267 g/mol. The molecule has 0 amide bonds. The molecule has 17 heavy (non-hydrogen) atoms. The van der Waals surface area contributed by atoms with Crippen molar-refractivity contribution in [3.8, 4) is 0 Å². The van der Waals surface area contributed by atoms with Gasteiger partial charge >= 0.3 is 0 Å². The largest absolute Gasteiger partial charge is 0.298 e. The third-order valence-corrected chi connectivity index (χ3v) is 3.30. The van der Waals surface area contributed by atoms with E-state index in [1.54, 1.807) is 24.3 Å². The van der Waals surface area contributed by atoms with E-state index in [1.807, 2.05) is 0 Å². The van der Waals surface area contributed by atoms with Gasteiger partial charge in [0.05, 0.1) is 10.6 Å². The summed E-state index contributed by atoms with van der Waals surface area (Å²) in [6.07, 6.45) is 2.01. The van der Waals surface area contributed by atoms with Gasteiger partial charge in [-0.2, -0.15) is 0 Å². The number of aromatic nitrogens is 1. The molecule has 0 saturated heterocycles. The number of carbonyl (C=O) groups excluding carboxylic acids is 1. The fraction of sp³-hybridized carbons (Fsp3) is 0. The second-order valence-electron chi connectivity index (χ2n) is 3.19. The number of benzene rings is 1. The van der Waals surface area contributed by atoms with E-state index in [4.69, 9.17) is 11.6 Å². The number of pyridine rings is 1. The molecule has 2 aromatic rings. The van der Waals surface area contributed by atoms with E-state index in [0.29, 0.717) is 21.2 Å². The summed E-state index contributed by atoms with van der Waals surface area (Å²) in [7, 11) is 0. The minimum Gasteiger partial charge on any atom is -0.298 e. The predicted molar refractivity (Wildman–Crippen MR) is 65.2 cm³/mol. The maximum Gasteiger partial charge on any atom is 0.154 e. The van der Waals surface area contributed by atoms with Crippen LogP contribution in [-0.4, -0.2) is 11.3 Å². The van der Waals surface area contributed by atoms with Gasteiger partial charge in [0.2, 0.25) is 0 Å². The van der Waals surface area contributed by atoms with Gasteiger partial charge in [0.25, 0.3) is 0 Å². The Morgan fingerprint density at radius 1 is 1.29 bits per heavy atom. The van der Waals surface area contributed by atoms with E-state index >= 15 is 0 Å². The van der Waals surface area contributed by atoms with Crippen LogP contribution in [0.4, 0.5) is 4.39 Å². The highest BCUT2D eigenvalue weighted by molar-refractivity contribution is 7.99. The summed E-state index contributed by atoms with van der Waals surface area (Å²) in [4.78, 5) is 15.4. The van der Waals surface area contributed by atoms with Gasteiger partial charge in [-0.15, -0.1) is 0 Å². The van der Waals surface area contributed by atoms with Crippen LogP contribution in [0, 0.1) is 5.82 Å². The van der Waals surface area contributed by atoms with Crippen LogP contribution in [-0.2, 0) is 0 Å². The Bertz CT molecular complexity index is 545. The summed E-state index contributed by atoms with van der Waals surface area (Å²) < 4.78 is 13.3. The molecule has 1 heterocycles. The highest BCUT2D eigenvalue weighted by atomic mass is 35.5. The van der Waals surface area contributed by atoms with E-state index < -0.39 is 5.82 Å². The number of hydrogen-bond acceptors (Lipinski definition) is 3. The first-order valence-corrected chi connectivity index (χ1v) is 5.93. The molecule has 2 nitrogen and oxygen atoms in total. The first-order chi connectivity index (χ1) is 8.20. The lowest BCUT2D eigenvalue weighted by atomic mass is 10.2. The maximum atomic E-state index is 13.3. The molecule has 1 aromatic carbocycles. The molecule has 0 spiro atoms. The first kappa shape index (κ1) is 12.1. The van der Waals surface area contributed by atoms with Crippen molar-refractivity contribution in [1.29, 1.82) is 0 Å². The average molecular weight is 268 g/mol. The van der Waals surface area contributed by atoms with Gasteiger partial charge < -0.3 is 0 Å². The molecule has 0 fully saturated rings. The molecule has 2 rings (SSSR count). The van der Waals surface area contributed by atoms with Crippen molar-refractivity contribution in [3.63, 3.8) is 0 Å². The zero-order chi connectivity index (χ0) is 12.3. The van der Waals surface area contributed by atoms with Gasteiger partial charge in [-0.3, -0.25) is 4.79 Å². The quantitative estimate of drug-likeness (QED) is 0.792. The highest BCUT2D eigenvalue weighted by Crippen LogP contribution is 2.29. The molecule has 0 N–H and O–H groups in total. The summed E-state index contributed by atoms with van der Waals surface area (Å²) in [5.41, 5.74) is 0.0502. The molecule has 0 unspecified atom stereocenters. The molecular formula is C12H7ClFNOS. The van der Waals surface area contributed by atoms with E-state index in [0.717, 1.165) is 0 Å². The zero-order valence-electron chi connectivity index (χ0n) is 8.56. The molecule has 5 heteroatoms. The van der Waals surface area contributed by atoms with E-state index in [9.17, 15) is 9.18 Å². The Labute approximate surface area is 107 Å². The lowest BCUT2D eigenvalue weighted by Crippen LogP contribution is -1.91. The average Bonchev–Trinajstić information content (AvgIpc) is 2.32. The molecule has 0 aliphatic carbocycles. The topological polar surface area (TPSA) is 30.0 Å². The van der Waals surface area contributed by atoms with Crippen LogP contribution in [0.2, 0.25) is 5.02 Å². The van der Waals surface area contributed by atoms with E-state index in [2.05, 4.69) is 4.98 Å². The maximum absolute atomic E-state index is 13.3. The molecule has 0 radical (unpaired) electrons. The Morgan fingerprint density at radius 3 is 2.76 bits per heavy atom. The molecule has 0 bridgehead atoms. The smallest absolute Gasteiger partial charge is 0.154 e. The molecule has 1 aromatic heterocycles. The second-order valence-corrected chi connectivity index (χ2v) is 4.68. The van der Waals surface area contributed by atoms with Gasteiger partial charge in [0.1, 0.15) is 10.8 Å². The number of nitrogens with zero attached hydrogens (tertiary/aromatic N) is 1. The number of hydrogen-bond donors (Lipinski definition) is 0. The van der Waals surface area contributed by atoms with Gasteiger partial charge in [-0.05, 0) is 24.3 Å². The Kier molecular flexibility index (Phi) is 3.76. The predicted octanol–water partition coefficient (Wildman–Crippen LogP) is 3.84. The number of carbonyl (C=O) groups is 1. The second kappa shape index (κ2) is 5.29. The lowest BCUT2D eigenvalue weighted by Gasteiger charge is -2.04. The van der Waals surface area contributed by atoms with E-state index in [1.165, 1.54) is 24.0 Å². The molecule has 0 aliphatic heterocycles. The zero-order valence-corrected chi connectivity index (χ0v) is 10.1. The summed E-state index contributed by atoms with van der Waals surface area (Å²) in [5, 5.41) is 1.19. The van der Waals surface area contributed by atoms with Gasteiger partial charge in [-0.1, -0.05) is 29.4 Å². The van der Waals surface area contributed by atoms with Crippen LogP contribution >= 0.6 is 23.4 Å². The minimum absolute atomic E-state index is 0.0502. The molecule has 0 saturated carbocycles. The summed E-state index contributed by atoms with van der Waals surface area (Å²) in [6, 6.07) is 7.89. The van der Waals surface area contributed by atoms with Crippen molar-refractivity contribution < 1.29 is 9.18 Å². The normalized spacial score (nSPS) is 10.2. The summed E-state index contributed by atoms with van der Waals surface area (Å²) in [5.74, 6) is -0.529. The molecule has 0 aliphatic rings. The van der Waals surface area contributed by atoms with Crippen LogP contribution in [0.3, 0.4) is 0 Å². The molecule has 0 atom stereocenters. The van der Waals surface area contributed by atoms with Crippen LogP contribution in [0.1, 0.15) is 10.4 Å². The van der Waals surface area contributed by atoms with Crippen molar-refractivity contribution in [2.75, 3.05) is 0 Å². The van der Waals surface area contributed by atoms with Crippen molar-refractivity contribution in [2.45, 2.75) is 9.92 Å². The van der Waals surface area contributed by atoms with E-state index in [-0.39, 0.29) is 5.56 Å². The van der Waals surface area contributed by atoms with Gasteiger partial charge in [0.15, 0.2) is 6.29 Å². The Balaban J connectivity index is 2.33. The summed E-state index contributed by atoms with van der Waals surface area (Å²) >= 11 is 6.93. The standard InChI is InChI=1S/C12H7ClFNOS/c13-8-4-5-12(15-6-8)17-11-3-1-2-10(14)9(11)7-16/h1-7H. The van der Waals surface area contributed by atoms with Crippen molar-refractivity contribution in [2.24, 2.45) is 0 Å². The Morgan fingerprint density at radius 2 is 2.12 bits per heavy atom.